The first-order valence-electron chi connectivity index (χ1n) is 7.97. The van der Waals surface area contributed by atoms with Crippen molar-refractivity contribution in [2.75, 3.05) is 24.6 Å². The Morgan fingerprint density at radius 1 is 0.857 bits per heavy atom. The molecule has 0 aromatic carbocycles. The largest absolute Gasteiger partial charge is 0.265 e. The van der Waals surface area contributed by atoms with Gasteiger partial charge in [-0.25, -0.2) is 4.57 Å². The van der Waals surface area contributed by atoms with Gasteiger partial charge in [0.25, 0.3) is 0 Å². The van der Waals surface area contributed by atoms with Crippen LogP contribution in [0.3, 0.4) is 0 Å². The van der Waals surface area contributed by atoms with Crippen molar-refractivity contribution in [1.29, 1.82) is 0 Å². The molecule has 0 spiro atoms. The molecule has 0 aliphatic rings. The van der Waals surface area contributed by atoms with E-state index in [1.807, 2.05) is 12.4 Å². The maximum absolute atomic E-state index is 4.07. The summed E-state index contributed by atoms with van der Waals surface area (Å²) < 4.78 is 2.33. The molecule has 0 fully saturated rings. The third-order valence-corrected chi connectivity index (χ3v) is 9.92. The lowest BCUT2D eigenvalue weighted by atomic mass is 10.1. The Bertz CT molecular complexity index is 525. The zero-order chi connectivity index (χ0) is 15.1. The molecule has 0 amide bonds. The van der Waals surface area contributed by atoms with Crippen LogP contribution in [0.2, 0.25) is 0 Å². The Labute approximate surface area is 129 Å². The predicted molar refractivity (Wildman–Crippen MR) is 93.3 cm³/mol. The lowest BCUT2D eigenvalue weighted by Gasteiger charge is -2.21. The lowest BCUT2D eigenvalue weighted by Crippen LogP contribution is -2.35. The van der Waals surface area contributed by atoms with Gasteiger partial charge in [0, 0.05) is 31.8 Å². The smallest absolute Gasteiger partial charge is 0.181 e. The molecule has 21 heavy (non-hydrogen) atoms. The summed E-state index contributed by atoms with van der Waals surface area (Å²) in [6.07, 6.45) is 13.6. The summed E-state index contributed by atoms with van der Waals surface area (Å²) >= 11 is 0. The van der Waals surface area contributed by atoms with Crippen LogP contribution in [0.15, 0.2) is 49.1 Å². The van der Waals surface area contributed by atoms with Gasteiger partial charge in [-0.2, -0.15) is 0 Å². The second kappa shape index (κ2) is 7.66. The number of nitrogens with zero attached hydrogens (tertiary/aromatic N) is 2. The summed E-state index contributed by atoms with van der Waals surface area (Å²) in [5, 5.41) is 0. The molecule has 2 aromatic rings. The maximum Gasteiger partial charge on any atom is 0.181 e. The highest BCUT2D eigenvalue weighted by atomic mass is 31.2. The van der Waals surface area contributed by atoms with Crippen molar-refractivity contribution < 1.29 is 4.57 Å². The van der Waals surface area contributed by atoms with E-state index in [1.54, 1.807) is 0 Å². The van der Waals surface area contributed by atoms with Crippen LogP contribution in [-0.4, -0.2) is 29.6 Å². The zero-order valence-corrected chi connectivity index (χ0v) is 14.4. The number of rotatable bonds is 7. The molecule has 0 aliphatic carbocycles. The zero-order valence-electron chi connectivity index (χ0n) is 13.5. The SMILES string of the molecule is CC[P+](CC)(CC)CC[n+]1ccc(-c2ccncc2)cc1. The molecule has 0 bridgehead atoms. The molecule has 2 rings (SSSR count). The number of aryl methyl sites for hydroxylation is 1. The van der Waals surface area contributed by atoms with Crippen LogP contribution in [-0.2, 0) is 6.54 Å². The Kier molecular flexibility index (Phi) is 5.87. The highest BCUT2D eigenvalue weighted by molar-refractivity contribution is 7.75. The summed E-state index contributed by atoms with van der Waals surface area (Å²) in [6, 6.07) is 8.53. The maximum atomic E-state index is 4.07. The van der Waals surface area contributed by atoms with Gasteiger partial charge in [0.1, 0.15) is 6.16 Å². The van der Waals surface area contributed by atoms with Crippen molar-refractivity contribution in [2.45, 2.75) is 27.3 Å². The van der Waals surface area contributed by atoms with Crippen molar-refractivity contribution in [2.24, 2.45) is 0 Å². The van der Waals surface area contributed by atoms with Crippen LogP contribution in [0.4, 0.5) is 0 Å². The molecule has 2 heterocycles. The Balaban J connectivity index is 2.03. The molecule has 0 saturated carbocycles. The second-order valence-corrected chi connectivity index (χ2v) is 10.6. The van der Waals surface area contributed by atoms with Crippen LogP contribution < -0.4 is 4.57 Å². The lowest BCUT2D eigenvalue weighted by molar-refractivity contribution is -0.692. The van der Waals surface area contributed by atoms with Gasteiger partial charge in [-0.05, 0) is 44.0 Å². The average molecular weight is 302 g/mol. The number of aromatic nitrogens is 2. The van der Waals surface area contributed by atoms with Crippen LogP contribution in [0.1, 0.15) is 20.8 Å². The second-order valence-electron chi connectivity index (χ2n) is 5.57. The topological polar surface area (TPSA) is 16.8 Å². The van der Waals surface area contributed by atoms with Gasteiger partial charge in [0.15, 0.2) is 18.9 Å². The van der Waals surface area contributed by atoms with E-state index in [9.17, 15) is 0 Å². The van der Waals surface area contributed by atoms with Crippen molar-refractivity contribution in [1.82, 2.24) is 4.98 Å². The monoisotopic (exact) mass is 302 g/mol. The normalized spacial score (nSPS) is 11.6. The number of hydrogen-bond donors (Lipinski definition) is 0. The Hall–Kier alpha value is -1.27. The van der Waals surface area contributed by atoms with E-state index < -0.39 is 7.26 Å². The molecule has 0 aliphatic heterocycles. The molecule has 0 atom stereocenters. The van der Waals surface area contributed by atoms with Gasteiger partial charge in [0.05, 0.1) is 18.5 Å². The molecule has 0 unspecified atom stereocenters. The minimum absolute atomic E-state index is 0.703. The molecule has 0 radical (unpaired) electrons. The summed E-state index contributed by atoms with van der Waals surface area (Å²) in [7, 11) is -0.703. The molecular formula is C18H27N2P+2. The number of hydrogen-bond acceptors (Lipinski definition) is 1. The van der Waals surface area contributed by atoms with Crippen molar-refractivity contribution in [3.05, 3.63) is 49.1 Å². The van der Waals surface area contributed by atoms with Crippen molar-refractivity contribution >= 4 is 7.26 Å². The highest BCUT2D eigenvalue weighted by Gasteiger charge is 2.32. The van der Waals surface area contributed by atoms with E-state index >= 15 is 0 Å². The molecule has 2 nitrogen and oxygen atoms in total. The van der Waals surface area contributed by atoms with Gasteiger partial charge in [-0.15, -0.1) is 0 Å². The van der Waals surface area contributed by atoms with Crippen LogP contribution in [0, 0.1) is 0 Å². The molecule has 2 aromatic heterocycles. The van der Waals surface area contributed by atoms with Gasteiger partial charge < -0.3 is 0 Å². The first-order chi connectivity index (χ1) is 10.2. The highest BCUT2D eigenvalue weighted by Crippen LogP contribution is 2.57. The van der Waals surface area contributed by atoms with E-state index in [2.05, 4.69) is 67.0 Å². The van der Waals surface area contributed by atoms with Gasteiger partial charge in [0.2, 0.25) is 0 Å². The van der Waals surface area contributed by atoms with Gasteiger partial charge in [-0.1, -0.05) is 0 Å². The van der Waals surface area contributed by atoms with Crippen LogP contribution in [0.25, 0.3) is 11.1 Å². The fraction of sp³-hybridized carbons (Fsp3) is 0.444. The van der Waals surface area contributed by atoms with Gasteiger partial charge >= 0.3 is 0 Å². The van der Waals surface area contributed by atoms with Crippen LogP contribution >= 0.6 is 7.26 Å². The van der Waals surface area contributed by atoms with E-state index in [-0.39, 0.29) is 0 Å². The first kappa shape index (κ1) is 16.1. The molecule has 3 heteroatoms. The quantitative estimate of drug-likeness (QED) is 0.555. The fourth-order valence-electron chi connectivity index (χ4n) is 2.82. The van der Waals surface area contributed by atoms with E-state index in [0.717, 1.165) is 6.54 Å². The standard InChI is InChI=1S/C18H27N2P/c1-4-21(5-2,6-3)16-15-20-13-9-18(10-14-20)17-7-11-19-12-8-17/h7-14H,4-6,15-16H2,1-3H3/q+2. The van der Waals surface area contributed by atoms with E-state index in [1.165, 1.54) is 35.8 Å². The summed E-state index contributed by atoms with van der Waals surface area (Å²) in [6.45, 7) is 8.27. The fourth-order valence-corrected chi connectivity index (χ4v) is 5.76. The summed E-state index contributed by atoms with van der Waals surface area (Å²) in [4.78, 5) is 4.07. The predicted octanol–water partition coefficient (Wildman–Crippen LogP) is 4.11. The first-order valence-corrected chi connectivity index (χ1v) is 10.5. The van der Waals surface area contributed by atoms with Crippen molar-refractivity contribution in [3.8, 4) is 11.1 Å². The molecule has 0 saturated heterocycles. The molecular weight excluding hydrogens is 275 g/mol. The molecule has 0 N–H and O–H groups in total. The van der Waals surface area contributed by atoms with E-state index in [0.29, 0.717) is 0 Å². The third-order valence-electron chi connectivity index (χ3n) is 4.75. The van der Waals surface area contributed by atoms with Crippen LogP contribution in [0.5, 0.6) is 0 Å². The minimum atomic E-state index is -0.703. The Morgan fingerprint density at radius 2 is 1.38 bits per heavy atom. The third kappa shape index (κ3) is 4.11. The minimum Gasteiger partial charge on any atom is -0.265 e. The summed E-state index contributed by atoms with van der Waals surface area (Å²) in [5.41, 5.74) is 2.49. The Morgan fingerprint density at radius 3 is 1.90 bits per heavy atom. The molecule has 112 valence electrons. The number of pyridine rings is 2. The summed E-state index contributed by atoms with van der Waals surface area (Å²) in [5.74, 6) is 0. The van der Waals surface area contributed by atoms with E-state index in [4.69, 9.17) is 0 Å². The average Bonchev–Trinajstić information content (AvgIpc) is 2.58. The van der Waals surface area contributed by atoms with Crippen molar-refractivity contribution in [3.63, 3.8) is 0 Å². The van der Waals surface area contributed by atoms with Gasteiger partial charge in [-0.3, -0.25) is 4.98 Å².